The van der Waals surface area contributed by atoms with Crippen LogP contribution in [0.3, 0.4) is 0 Å². The molecule has 4 aliphatic rings. The third-order valence-corrected chi connectivity index (χ3v) is 17.8. The molecule has 3 aromatic heterocycles. The Labute approximate surface area is 517 Å². The number of amides is 1. The van der Waals surface area contributed by atoms with Gasteiger partial charge in [-0.1, -0.05) is 78.4 Å². The van der Waals surface area contributed by atoms with Crippen LogP contribution in [0.1, 0.15) is 136 Å². The highest BCUT2D eigenvalue weighted by Crippen LogP contribution is 2.48. The number of esters is 2. The fourth-order valence-corrected chi connectivity index (χ4v) is 13.0. The van der Waals surface area contributed by atoms with E-state index in [1.54, 1.807) is 113 Å². The Bertz CT molecular complexity index is 3870. The highest BCUT2D eigenvalue weighted by Gasteiger charge is 2.47. The van der Waals surface area contributed by atoms with Crippen molar-refractivity contribution < 1.29 is 56.5 Å². The predicted octanol–water partition coefficient (Wildman–Crippen LogP) is 14.9. The van der Waals surface area contributed by atoms with Gasteiger partial charge in [-0.2, -0.15) is 0 Å². The average Bonchev–Trinajstić information content (AvgIpc) is 1.79. The van der Waals surface area contributed by atoms with Gasteiger partial charge in [0.15, 0.2) is 0 Å². The van der Waals surface area contributed by atoms with Gasteiger partial charge in [0.25, 0.3) is 5.91 Å². The summed E-state index contributed by atoms with van der Waals surface area (Å²) in [6.07, 6.45) is 23.0. The maximum atomic E-state index is 14.1. The number of nitrogens with zero attached hydrogens (tertiary/aromatic N) is 3. The van der Waals surface area contributed by atoms with Gasteiger partial charge in [0, 0.05) is 37.2 Å². The van der Waals surface area contributed by atoms with Gasteiger partial charge in [0.2, 0.25) is 0 Å². The van der Waals surface area contributed by atoms with Crippen molar-refractivity contribution >= 4 is 40.5 Å². The second kappa shape index (κ2) is 27.5. The van der Waals surface area contributed by atoms with Crippen LogP contribution in [0, 0.1) is 71.7 Å². The number of carbonyl (C=O) groups excluding carboxylic acids is 3. The third kappa shape index (κ3) is 13.3. The predicted molar refractivity (Wildman–Crippen MR) is 334 cm³/mol. The molecule has 12 nitrogen and oxygen atoms in total. The first-order valence-electron chi connectivity index (χ1n) is 29.4. The molecule has 0 unspecified atom stereocenters. The van der Waals surface area contributed by atoms with Gasteiger partial charge < -0.3 is 14.6 Å². The van der Waals surface area contributed by atoms with Crippen LogP contribution in [0.4, 0.5) is 17.6 Å². The Morgan fingerprint density at radius 3 is 1.07 bits per heavy atom. The molecule has 1 amide bonds. The van der Waals surface area contributed by atoms with Gasteiger partial charge in [0.05, 0.1) is 19.6 Å². The van der Waals surface area contributed by atoms with Gasteiger partial charge in [-0.15, -0.1) is 0 Å². The summed E-state index contributed by atoms with van der Waals surface area (Å²) < 4.78 is 65.7. The number of allylic oxidation sites excluding steroid dienone is 4. The van der Waals surface area contributed by atoms with Crippen molar-refractivity contribution in [3.63, 3.8) is 0 Å². The number of aliphatic carboxylic acids is 1. The fraction of sp³-hybridized carbons (Fsp3) is 0.301. The number of rotatable bonds is 11. The summed E-state index contributed by atoms with van der Waals surface area (Å²) in [5, 5.41) is 19.1. The second-order valence-corrected chi connectivity index (χ2v) is 23.5. The summed E-state index contributed by atoms with van der Waals surface area (Å²) in [6, 6.07) is 25.1. The lowest BCUT2D eigenvalue weighted by Crippen LogP contribution is -2.41. The number of ether oxygens (including phenoxy) is 2. The molecule has 0 aliphatic heterocycles. The highest BCUT2D eigenvalue weighted by molar-refractivity contribution is 5.95. The summed E-state index contributed by atoms with van der Waals surface area (Å²) in [7, 11) is 2.75. The molecular weight excluding hydrogens is 1140 g/mol. The van der Waals surface area contributed by atoms with E-state index in [2.05, 4.69) is 15.0 Å². The van der Waals surface area contributed by atoms with E-state index in [-0.39, 0.29) is 35.2 Å². The number of halogens is 4. The topological polar surface area (TPSA) is 178 Å². The number of benzene rings is 4. The number of aromatic nitrogens is 3. The van der Waals surface area contributed by atoms with Gasteiger partial charge in [0.1, 0.15) is 39.5 Å². The maximum absolute atomic E-state index is 14.1. The zero-order valence-corrected chi connectivity index (χ0v) is 51.8. The molecule has 0 saturated heterocycles. The number of carbonyl (C=O) groups is 4. The molecule has 16 heteroatoms. The third-order valence-electron chi connectivity index (χ3n) is 17.8. The molecule has 4 atom stereocenters. The number of pyridine rings is 3. The molecule has 0 fully saturated rings. The zero-order valence-electron chi connectivity index (χ0n) is 51.8. The maximum Gasteiger partial charge on any atom is 0.320 e. The van der Waals surface area contributed by atoms with E-state index >= 15 is 0 Å². The number of methoxy groups -OCH3 is 2. The van der Waals surface area contributed by atoms with Crippen molar-refractivity contribution in [2.24, 2.45) is 0 Å². The van der Waals surface area contributed by atoms with Crippen molar-refractivity contribution in [3.05, 3.63) is 259 Å². The first-order valence-corrected chi connectivity index (χ1v) is 29.4. The number of hydroxylamine groups is 1. The molecule has 0 saturated carbocycles. The smallest absolute Gasteiger partial charge is 0.320 e. The van der Waals surface area contributed by atoms with Crippen LogP contribution >= 0.6 is 0 Å². The number of nitrogens with one attached hydrogen (secondary N) is 1. The van der Waals surface area contributed by atoms with Crippen molar-refractivity contribution in [2.75, 3.05) is 14.2 Å². The van der Waals surface area contributed by atoms with Crippen molar-refractivity contribution in [1.82, 2.24) is 20.4 Å². The second-order valence-electron chi connectivity index (χ2n) is 23.5. The Hall–Kier alpha value is -9.15. The van der Waals surface area contributed by atoms with Gasteiger partial charge >= 0.3 is 17.9 Å². The molecule has 462 valence electrons. The minimum absolute atomic E-state index is 0.284. The van der Waals surface area contributed by atoms with Crippen LogP contribution in [-0.4, -0.2) is 63.3 Å². The molecule has 4 aromatic carbocycles. The Balaban J connectivity index is 0.000000154. The molecule has 3 heterocycles. The summed E-state index contributed by atoms with van der Waals surface area (Å²) in [5.41, 5.74) is 12.1. The van der Waals surface area contributed by atoms with Crippen LogP contribution in [0.15, 0.2) is 158 Å². The van der Waals surface area contributed by atoms with Gasteiger partial charge in [-0.3, -0.25) is 39.3 Å². The van der Waals surface area contributed by atoms with E-state index in [1.807, 2.05) is 76.3 Å². The Morgan fingerprint density at radius 2 is 0.742 bits per heavy atom. The zero-order chi connectivity index (χ0) is 64.6. The molecule has 0 spiro atoms. The van der Waals surface area contributed by atoms with Crippen LogP contribution in [0.2, 0.25) is 0 Å². The van der Waals surface area contributed by atoms with Crippen molar-refractivity contribution in [3.8, 4) is 0 Å². The first kappa shape index (κ1) is 65.8. The average molecular weight is 1210 g/mol. The standard InChI is InChI=1S/C20H20FNO2.C19H19FN2O2.C19H18FNO2.C15H17FO2/c1-13-9-16(12-22-11-13)15-7-8-20(10-15,19(23)24-3)17-5-4-6-18(21)14(17)2;1-12-8-15(11-21-10-12)14-6-7-19(9-14,18(23)22-24)16-4-3-5-17(20)13(16)2;1-12-8-15(11-21-10-12)14-6-7-19(9-14,18(22)23)16-4-3-5-17(20)13(16)2;1-10-7-8-15(9-10,14(17)18-3)12-5-4-6-13(16)11(12)2/h4-6,9-12H,7-8H2,1-3H3;3-5,8-11,24H,6-7H2,1-2H3,(H,22,23);3-5,8-11H,6-7H2,1-2H3,(H,22,23);4-6,9H,7-8H2,1-3H3/t20-;2*19-;15-/m0000/s1. The van der Waals surface area contributed by atoms with Crippen molar-refractivity contribution in [2.45, 2.75) is 128 Å². The molecule has 7 aromatic rings. The van der Waals surface area contributed by atoms with E-state index in [1.165, 1.54) is 38.5 Å². The SMILES string of the molecule is COC(=O)[C@]1(c2cccc(F)c2C)C=C(C)CC1.COC(=O)[C@]1(c2cccc(F)c2C)C=C(c2cncc(C)c2)CC1.Cc1cncc(C2=C[C@](C(=O)NO)(c3cccc(F)c3C)CC2)c1.Cc1cncc(C2=C[C@](C(=O)O)(c3cccc(F)c3C)CC2)c1. The Kier molecular flexibility index (Phi) is 20.3. The molecule has 3 N–H and O–H groups in total. The molecular formula is C73H74F4N4O8. The lowest BCUT2D eigenvalue weighted by atomic mass is 9.77. The van der Waals surface area contributed by atoms with Crippen LogP contribution in [-0.2, 0) is 50.3 Å². The summed E-state index contributed by atoms with van der Waals surface area (Å²) >= 11 is 0. The normalized spacial score (nSPS) is 20.6. The molecule has 11 rings (SSSR count). The highest BCUT2D eigenvalue weighted by atomic mass is 19.1. The number of hydrogen-bond acceptors (Lipinski definition) is 10. The number of carboxylic acids is 1. The summed E-state index contributed by atoms with van der Waals surface area (Å²) in [5.74, 6) is -3.49. The van der Waals surface area contributed by atoms with E-state index in [0.29, 0.717) is 83.0 Å². The lowest BCUT2D eigenvalue weighted by Gasteiger charge is -2.27. The van der Waals surface area contributed by atoms with Gasteiger partial charge in [-0.05, 0) is 244 Å². The molecule has 89 heavy (non-hydrogen) atoms. The minimum atomic E-state index is -1.18. The number of aryl methyl sites for hydroxylation is 3. The monoisotopic (exact) mass is 1210 g/mol. The Morgan fingerprint density at radius 1 is 0.438 bits per heavy atom. The number of carboxylic acid groups (broad SMARTS) is 1. The number of hydrogen-bond donors (Lipinski definition) is 3. The fourth-order valence-electron chi connectivity index (χ4n) is 13.0. The van der Waals surface area contributed by atoms with E-state index < -0.39 is 33.5 Å². The minimum Gasteiger partial charge on any atom is -0.480 e. The van der Waals surface area contributed by atoms with Crippen LogP contribution in [0.25, 0.3) is 16.7 Å². The largest absolute Gasteiger partial charge is 0.480 e. The molecule has 0 radical (unpaired) electrons. The summed E-state index contributed by atoms with van der Waals surface area (Å²) in [4.78, 5) is 61.9. The van der Waals surface area contributed by atoms with Gasteiger partial charge in [-0.25, -0.2) is 23.0 Å². The van der Waals surface area contributed by atoms with E-state index in [0.717, 1.165) is 68.5 Å². The molecule has 4 aliphatic carbocycles. The van der Waals surface area contributed by atoms with Crippen LogP contribution in [0.5, 0.6) is 0 Å². The molecule has 0 bridgehead atoms. The van der Waals surface area contributed by atoms with Crippen LogP contribution < -0.4 is 5.48 Å². The lowest BCUT2D eigenvalue weighted by molar-refractivity contribution is -0.146. The first-order chi connectivity index (χ1) is 42.4. The van der Waals surface area contributed by atoms with Crippen molar-refractivity contribution in [1.29, 1.82) is 0 Å². The summed E-state index contributed by atoms with van der Waals surface area (Å²) in [6.45, 7) is 14.6. The quantitative estimate of drug-likeness (QED) is 0.0369. The van der Waals surface area contributed by atoms with E-state index in [9.17, 15) is 47.1 Å². The van der Waals surface area contributed by atoms with E-state index in [4.69, 9.17) is 9.47 Å².